The van der Waals surface area contributed by atoms with Crippen molar-refractivity contribution in [2.24, 2.45) is 0 Å². The van der Waals surface area contributed by atoms with Crippen LogP contribution in [0.25, 0.3) is 136 Å². The fourth-order valence-electron chi connectivity index (χ4n) is 9.88. The summed E-state index contributed by atoms with van der Waals surface area (Å²) < 4.78 is 5.27. The van der Waals surface area contributed by atoms with Crippen molar-refractivity contribution in [2.45, 2.75) is 0 Å². The predicted octanol–water partition coefficient (Wildman–Crippen LogP) is 19.0. The minimum Gasteiger partial charge on any atom is -0.135 e. The summed E-state index contributed by atoms with van der Waals surface area (Å²) in [6.45, 7) is 0. The molecule has 0 saturated heterocycles. The van der Waals surface area contributed by atoms with Gasteiger partial charge in [-0.1, -0.05) is 121 Å². The van der Waals surface area contributed by atoms with Crippen molar-refractivity contribution in [2.75, 3.05) is 0 Å². The predicted molar refractivity (Wildman–Crippen MR) is 277 cm³/mol. The molecule has 0 spiro atoms. The maximum Gasteiger partial charge on any atom is 0.0355 e. The van der Waals surface area contributed by atoms with E-state index >= 15 is 0 Å². The number of benzene rings is 10. The molecule has 62 heavy (non-hydrogen) atoms. The number of rotatable bonds is 4. The molecule has 0 nitrogen and oxygen atoms in total. The van der Waals surface area contributed by atoms with Crippen LogP contribution in [0.4, 0.5) is 0 Å². The fraction of sp³-hybridized carbons (Fsp3) is 0. The summed E-state index contributed by atoms with van der Waals surface area (Å²) in [5, 5.41) is 18.1. The van der Waals surface area contributed by atoms with Gasteiger partial charge in [-0.2, -0.15) is 0 Å². The molecule has 0 aliphatic heterocycles. The lowest BCUT2D eigenvalue weighted by atomic mass is 9.85. The minimum absolute atomic E-state index is 1.26. The molecule has 10 aromatic carbocycles. The van der Waals surface area contributed by atoms with Crippen LogP contribution in [0.15, 0.2) is 194 Å². The van der Waals surface area contributed by atoms with Crippen molar-refractivity contribution in [3.63, 3.8) is 0 Å². The van der Waals surface area contributed by atoms with E-state index in [-0.39, 0.29) is 0 Å². The first-order chi connectivity index (χ1) is 30.7. The number of hydrogen-bond acceptors (Lipinski definition) is 4. The van der Waals surface area contributed by atoms with Gasteiger partial charge in [-0.25, -0.2) is 0 Å². The Balaban J connectivity index is 1.15. The van der Waals surface area contributed by atoms with Crippen LogP contribution in [-0.4, -0.2) is 0 Å². The normalized spacial score (nSPS) is 12.2. The van der Waals surface area contributed by atoms with Crippen LogP contribution >= 0.6 is 45.3 Å². The molecule has 0 unspecified atom stereocenters. The van der Waals surface area contributed by atoms with Gasteiger partial charge in [-0.3, -0.25) is 0 Å². The van der Waals surface area contributed by atoms with Gasteiger partial charge in [0.05, 0.1) is 0 Å². The van der Waals surface area contributed by atoms with Gasteiger partial charge in [-0.05, 0) is 170 Å². The largest absolute Gasteiger partial charge is 0.135 e. The Morgan fingerprint density at radius 1 is 0.210 bits per heavy atom. The molecule has 0 aliphatic carbocycles. The second-order valence-electron chi connectivity index (χ2n) is 16.4. The summed E-state index contributed by atoms with van der Waals surface area (Å²) >= 11 is 7.53. The topological polar surface area (TPSA) is 0 Å². The first-order valence-corrected chi connectivity index (χ1v) is 24.2. The van der Waals surface area contributed by atoms with E-state index in [0.29, 0.717) is 0 Å². The molecule has 0 aliphatic rings. The van der Waals surface area contributed by atoms with Gasteiger partial charge >= 0.3 is 0 Å². The highest BCUT2D eigenvalue weighted by Gasteiger charge is 2.20. The summed E-state index contributed by atoms with van der Waals surface area (Å²) in [5.41, 5.74) is 5.03. The Labute approximate surface area is 372 Å². The molecule has 14 aromatic rings. The summed E-state index contributed by atoms with van der Waals surface area (Å²) in [7, 11) is 0. The van der Waals surface area contributed by atoms with Gasteiger partial charge in [0, 0.05) is 38.3 Å². The number of fused-ring (bicyclic) bond motifs is 15. The third kappa shape index (κ3) is 5.35. The van der Waals surface area contributed by atoms with E-state index in [9.17, 15) is 0 Å². The van der Waals surface area contributed by atoms with Crippen molar-refractivity contribution in [3.8, 4) is 41.8 Å². The molecule has 0 amide bonds. The van der Waals surface area contributed by atoms with Crippen molar-refractivity contribution >= 4 is 140 Å². The first kappa shape index (κ1) is 35.0. The van der Waals surface area contributed by atoms with Crippen molar-refractivity contribution in [1.29, 1.82) is 0 Å². The summed E-state index contributed by atoms with van der Waals surface area (Å²) in [6, 6.07) is 73.5. The lowest BCUT2D eigenvalue weighted by Crippen LogP contribution is -1.90. The Morgan fingerprint density at radius 2 is 0.452 bits per heavy atom. The molecule has 0 bridgehead atoms. The highest BCUT2D eigenvalue weighted by atomic mass is 32.1. The summed E-state index contributed by atoms with van der Waals surface area (Å²) in [4.78, 5) is 5.18. The lowest BCUT2D eigenvalue weighted by molar-refractivity contribution is 1.75. The molecule has 14 rings (SSSR count). The highest BCUT2D eigenvalue weighted by molar-refractivity contribution is 7.23. The van der Waals surface area contributed by atoms with Crippen LogP contribution in [0.1, 0.15) is 0 Å². The maximum absolute atomic E-state index is 2.49. The Morgan fingerprint density at radius 3 is 0.694 bits per heavy atom. The molecule has 0 saturated carbocycles. The zero-order valence-electron chi connectivity index (χ0n) is 33.1. The quantitative estimate of drug-likeness (QED) is 0.155. The monoisotopic (exact) mass is 856 g/mol. The zero-order valence-corrected chi connectivity index (χ0v) is 36.4. The third-order valence-electron chi connectivity index (χ3n) is 12.8. The Kier molecular flexibility index (Phi) is 7.57. The van der Waals surface area contributed by atoms with Crippen LogP contribution in [0, 0.1) is 0 Å². The second-order valence-corrected chi connectivity index (χ2v) is 20.7. The highest BCUT2D eigenvalue weighted by Crippen LogP contribution is 2.49. The Hall–Kier alpha value is -6.66. The number of hydrogen-bond donors (Lipinski definition) is 0. The van der Waals surface area contributed by atoms with Crippen LogP contribution in [0.2, 0.25) is 0 Å². The second kappa shape index (κ2) is 13.4. The molecular weight excluding hydrogens is 825 g/mol. The molecule has 0 N–H and O–H groups in total. The van der Waals surface area contributed by atoms with Crippen molar-refractivity contribution in [3.05, 3.63) is 194 Å². The Bertz CT molecular complexity index is 3500. The van der Waals surface area contributed by atoms with Crippen LogP contribution in [0.5, 0.6) is 0 Å². The SMILES string of the molecule is c1ccc2sc(-c3ccc4c5ccc(-c6cc7ccccc7s6)cc5c5c6cc(-c7cc8ccccc8s7)ccc6c6ccc(-c7cc8ccccc8s7)cc6c5c4c3)cc2c1. The van der Waals surface area contributed by atoms with Gasteiger partial charge < -0.3 is 0 Å². The van der Waals surface area contributed by atoms with Crippen LogP contribution in [0.3, 0.4) is 0 Å². The molecule has 0 fully saturated rings. The average molecular weight is 857 g/mol. The van der Waals surface area contributed by atoms with Crippen molar-refractivity contribution < 1.29 is 0 Å². The molecule has 0 atom stereocenters. The molecule has 4 heteroatoms. The fourth-order valence-corrected chi connectivity index (χ4v) is 14.1. The standard InChI is InChI=1S/C58H32S4/c1-5-13-49-33(9-1)29-53(59-49)37-17-21-41-42-22-18-39(55-31-35-11-3-7-15-51(35)61-55)27-47(42)58-48-28-40(56-32-36-12-4-8-16-52(36)62-56)20-24-44(48)43-23-19-38(26-46(43)57(58)45(41)25-37)54-30-34-10-2-6-14-50(34)60-54/h1-32H. The van der Waals surface area contributed by atoms with Crippen LogP contribution in [-0.2, 0) is 0 Å². The molecule has 288 valence electrons. The average Bonchev–Trinajstić information content (AvgIpc) is 4.15. The molecule has 0 radical (unpaired) electrons. The maximum atomic E-state index is 2.49. The van der Waals surface area contributed by atoms with Gasteiger partial charge in [0.1, 0.15) is 0 Å². The van der Waals surface area contributed by atoms with E-state index in [2.05, 4.69) is 194 Å². The molecular formula is C58H32S4. The van der Waals surface area contributed by atoms with E-state index in [4.69, 9.17) is 0 Å². The summed E-state index contributed by atoms with van der Waals surface area (Å²) in [5.74, 6) is 0. The van der Waals surface area contributed by atoms with E-state index in [1.165, 1.54) is 136 Å². The van der Waals surface area contributed by atoms with Gasteiger partial charge in [0.15, 0.2) is 0 Å². The van der Waals surface area contributed by atoms with Gasteiger partial charge in [0.2, 0.25) is 0 Å². The molecule has 4 aromatic heterocycles. The van der Waals surface area contributed by atoms with E-state index in [0.717, 1.165) is 0 Å². The minimum atomic E-state index is 1.26. The van der Waals surface area contributed by atoms with Crippen LogP contribution < -0.4 is 0 Å². The van der Waals surface area contributed by atoms with Gasteiger partial charge in [-0.15, -0.1) is 45.3 Å². The van der Waals surface area contributed by atoms with E-state index in [1.807, 2.05) is 45.3 Å². The third-order valence-corrected chi connectivity index (χ3v) is 17.5. The zero-order chi connectivity index (χ0) is 40.5. The lowest BCUT2D eigenvalue weighted by Gasteiger charge is -2.19. The summed E-state index contributed by atoms with van der Waals surface area (Å²) in [6.07, 6.45) is 0. The molecule has 4 heterocycles. The van der Waals surface area contributed by atoms with Crippen molar-refractivity contribution in [1.82, 2.24) is 0 Å². The van der Waals surface area contributed by atoms with E-state index < -0.39 is 0 Å². The number of thiophene rings is 4. The first-order valence-electron chi connectivity index (χ1n) is 21.0. The van der Waals surface area contributed by atoms with E-state index in [1.54, 1.807) is 0 Å². The smallest absolute Gasteiger partial charge is 0.0355 e. The van der Waals surface area contributed by atoms with Gasteiger partial charge in [0.25, 0.3) is 0 Å².